The van der Waals surface area contributed by atoms with E-state index in [4.69, 9.17) is 4.74 Å². The highest BCUT2D eigenvalue weighted by atomic mass is 16.6. The maximum Gasteiger partial charge on any atom is 0.410 e. The van der Waals surface area contributed by atoms with Gasteiger partial charge in [-0.05, 0) is 18.9 Å². The minimum atomic E-state index is -0.305. The van der Waals surface area contributed by atoms with Crippen molar-refractivity contribution in [2.75, 3.05) is 19.6 Å². The molecule has 0 radical (unpaired) electrons. The highest BCUT2D eigenvalue weighted by Gasteiger charge is 2.33. The number of hydrogen-bond acceptors (Lipinski definition) is 3. The van der Waals surface area contributed by atoms with Gasteiger partial charge in [0, 0.05) is 25.6 Å². The van der Waals surface area contributed by atoms with Crippen LogP contribution in [-0.4, -0.2) is 47.5 Å². The molecule has 1 heterocycles. The average molecular weight is 318 g/mol. The Morgan fingerprint density at radius 1 is 1.30 bits per heavy atom. The number of nitrogens with zero attached hydrogens (tertiary/aromatic N) is 2. The first-order valence-corrected chi connectivity index (χ1v) is 8.29. The van der Waals surface area contributed by atoms with Gasteiger partial charge in [-0.1, -0.05) is 44.2 Å². The summed E-state index contributed by atoms with van der Waals surface area (Å²) in [6.07, 6.45) is 0.507. The molecule has 2 amide bonds. The van der Waals surface area contributed by atoms with Gasteiger partial charge in [0.25, 0.3) is 0 Å². The Morgan fingerprint density at radius 2 is 2.00 bits per heavy atom. The van der Waals surface area contributed by atoms with Gasteiger partial charge in [-0.25, -0.2) is 4.79 Å². The fraction of sp³-hybridized carbons (Fsp3) is 0.556. The Hall–Kier alpha value is -2.04. The van der Waals surface area contributed by atoms with E-state index in [1.807, 2.05) is 56.0 Å². The van der Waals surface area contributed by atoms with Gasteiger partial charge in [-0.15, -0.1) is 0 Å². The molecule has 1 saturated heterocycles. The van der Waals surface area contributed by atoms with Crippen LogP contribution >= 0.6 is 0 Å². The molecular formula is C18H26N2O3. The largest absolute Gasteiger partial charge is 0.445 e. The Kier molecular flexibility index (Phi) is 6.02. The lowest BCUT2D eigenvalue weighted by Gasteiger charge is -2.27. The van der Waals surface area contributed by atoms with Crippen molar-refractivity contribution in [3.05, 3.63) is 35.9 Å². The van der Waals surface area contributed by atoms with Crippen LogP contribution in [0.4, 0.5) is 4.79 Å². The number of rotatable bonds is 5. The molecule has 1 aromatic carbocycles. The zero-order valence-electron chi connectivity index (χ0n) is 14.2. The van der Waals surface area contributed by atoms with Gasteiger partial charge in [-0.3, -0.25) is 4.79 Å². The quantitative estimate of drug-likeness (QED) is 0.839. The van der Waals surface area contributed by atoms with Crippen LogP contribution in [0.3, 0.4) is 0 Å². The van der Waals surface area contributed by atoms with Crippen molar-refractivity contribution >= 4 is 12.0 Å². The van der Waals surface area contributed by atoms with Crippen molar-refractivity contribution in [3.8, 4) is 0 Å². The van der Waals surface area contributed by atoms with Crippen LogP contribution < -0.4 is 0 Å². The molecule has 5 heteroatoms. The third-order valence-electron chi connectivity index (χ3n) is 4.19. The fourth-order valence-electron chi connectivity index (χ4n) is 2.90. The van der Waals surface area contributed by atoms with Gasteiger partial charge in [0.15, 0.2) is 0 Å². The zero-order chi connectivity index (χ0) is 16.8. The summed E-state index contributed by atoms with van der Waals surface area (Å²) in [6.45, 7) is 7.93. The molecular weight excluding hydrogens is 292 g/mol. The number of benzene rings is 1. The summed E-state index contributed by atoms with van der Waals surface area (Å²) in [6, 6.07) is 9.69. The molecule has 0 N–H and O–H groups in total. The Bertz CT molecular complexity index is 530. The van der Waals surface area contributed by atoms with E-state index in [1.54, 1.807) is 4.90 Å². The van der Waals surface area contributed by atoms with Gasteiger partial charge in [0.05, 0.1) is 6.04 Å². The van der Waals surface area contributed by atoms with Crippen LogP contribution in [0.5, 0.6) is 0 Å². The minimum absolute atomic E-state index is 0.00569. The predicted octanol–water partition coefficient (Wildman–Crippen LogP) is 2.90. The van der Waals surface area contributed by atoms with E-state index in [9.17, 15) is 9.59 Å². The molecule has 0 unspecified atom stereocenters. The number of ether oxygens (including phenoxy) is 1. The van der Waals surface area contributed by atoms with Gasteiger partial charge in [-0.2, -0.15) is 0 Å². The number of likely N-dealkylation sites (N-methyl/N-ethyl adjacent to an activating group) is 1. The summed E-state index contributed by atoms with van der Waals surface area (Å²) in [7, 11) is 0. The van der Waals surface area contributed by atoms with E-state index in [0.717, 1.165) is 12.0 Å². The van der Waals surface area contributed by atoms with Gasteiger partial charge < -0.3 is 14.5 Å². The number of carbonyl (C=O) groups is 2. The lowest BCUT2D eigenvalue weighted by molar-refractivity contribution is -0.133. The third-order valence-corrected chi connectivity index (χ3v) is 4.19. The Balaban J connectivity index is 1.89. The van der Waals surface area contributed by atoms with Crippen molar-refractivity contribution < 1.29 is 14.3 Å². The monoisotopic (exact) mass is 318 g/mol. The highest BCUT2D eigenvalue weighted by Crippen LogP contribution is 2.19. The molecule has 0 bridgehead atoms. The summed E-state index contributed by atoms with van der Waals surface area (Å²) in [5.74, 6) is 0.148. The van der Waals surface area contributed by atoms with E-state index < -0.39 is 0 Å². The number of amides is 2. The summed E-state index contributed by atoms with van der Waals surface area (Å²) >= 11 is 0. The lowest BCUT2D eigenvalue weighted by Crippen LogP contribution is -2.43. The molecule has 0 spiro atoms. The summed E-state index contributed by atoms with van der Waals surface area (Å²) in [5.41, 5.74) is 0.972. The van der Waals surface area contributed by atoms with Crippen LogP contribution in [0.2, 0.25) is 0 Å². The molecule has 0 saturated carbocycles. The van der Waals surface area contributed by atoms with E-state index in [-0.39, 0.29) is 30.6 Å². The van der Waals surface area contributed by atoms with Crippen LogP contribution in [-0.2, 0) is 16.1 Å². The average Bonchev–Trinajstić information content (AvgIpc) is 3.03. The van der Waals surface area contributed by atoms with Crippen molar-refractivity contribution in [1.82, 2.24) is 9.80 Å². The SMILES string of the molecule is CCN(C(=O)OCc1ccccc1)[C@H]1CCN(C(=O)C(C)C)C1. The third kappa shape index (κ3) is 4.47. The Labute approximate surface area is 138 Å². The van der Waals surface area contributed by atoms with Crippen LogP contribution in [0.25, 0.3) is 0 Å². The molecule has 126 valence electrons. The second kappa shape index (κ2) is 7.99. The van der Waals surface area contributed by atoms with Crippen LogP contribution in [0.1, 0.15) is 32.8 Å². The maximum absolute atomic E-state index is 12.3. The predicted molar refractivity (Wildman–Crippen MR) is 88.8 cm³/mol. The smallest absolute Gasteiger partial charge is 0.410 e. The molecule has 0 aromatic heterocycles. The standard InChI is InChI=1S/C18H26N2O3/c1-4-20(16-10-11-19(12-16)17(21)14(2)3)18(22)23-13-15-8-6-5-7-9-15/h5-9,14,16H,4,10-13H2,1-3H3/t16-/m0/s1. The Morgan fingerprint density at radius 3 is 2.61 bits per heavy atom. The number of hydrogen-bond donors (Lipinski definition) is 0. The molecule has 5 nitrogen and oxygen atoms in total. The minimum Gasteiger partial charge on any atom is -0.445 e. The van der Waals surface area contributed by atoms with Crippen molar-refractivity contribution in [1.29, 1.82) is 0 Å². The molecule has 0 aliphatic carbocycles. The molecule has 1 aromatic rings. The highest BCUT2D eigenvalue weighted by molar-refractivity contribution is 5.78. The first-order chi connectivity index (χ1) is 11.0. The number of likely N-dealkylation sites (tertiary alicyclic amines) is 1. The molecule has 1 atom stereocenters. The summed E-state index contributed by atoms with van der Waals surface area (Å²) in [4.78, 5) is 28.0. The molecule has 1 aliphatic heterocycles. The van der Waals surface area contributed by atoms with Crippen molar-refractivity contribution in [2.45, 2.75) is 39.8 Å². The number of carbonyl (C=O) groups excluding carboxylic acids is 2. The second-order valence-corrected chi connectivity index (χ2v) is 6.21. The topological polar surface area (TPSA) is 49.9 Å². The van der Waals surface area contributed by atoms with E-state index in [2.05, 4.69) is 0 Å². The molecule has 1 aliphatic rings. The van der Waals surface area contributed by atoms with Gasteiger partial charge in [0.2, 0.25) is 5.91 Å². The summed E-state index contributed by atoms with van der Waals surface area (Å²) < 4.78 is 5.42. The zero-order valence-corrected chi connectivity index (χ0v) is 14.2. The van der Waals surface area contributed by atoms with Crippen molar-refractivity contribution in [3.63, 3.8) is 0 Å². The summed E-state index contributed by atoms with van der Waals surface area (Å²) in [5, 5.41) is 0. The van der Waals surface area contributed by atoms with E-state index in [1.165, 1.54) is 0 Å². The maximum atomic E-state index is 12.3. The van der Waals surface area contributed by atoms with E-state index >= 15 is 0 Å². The van der Waals surface area contributed by atoms with Crippen LogP contribution in [0, 0.1) is 5.92 Å². The second-order valence-electron chi connectivity index (χ2n) is 6.21. The lowest BCUT2D eigenvalue weighted by atomic mass is 10.2. The normalized spacial score (nSPS) is 17.4. The molecule has 23 heavy (non-hydrogen) atoms. The van der Waals surface area contributed by atoms with Crippen LogP contribution in [0.15, 0.2) is 30.3 Å². The van der Waals surface area contributed by atoms with Gasteiger partial charge >= 0.3 is 6.09 Å². The van der Waals surface area contributed by atoms with Gasteiger partial charge in [0.1, 0.15) is 6.61 Å². The van der Waals surface area contributed by atoms with Crippen molar-refractivity contribution in [2.24, 2.45) is 5.92 Å². The first-order valence-electron chi connectivity index (χ1n) is 8.29. The van der Waals surface area contributed by atoms with E-state index in [0.29, 0.717) is 19.6 Å². The fourth-order valence-corrected chi connectivity index (χ4v) is 2.90. The first kappa shape index (κ1) is 17.3. The molecule has 2 rings (SSSR count). The molecule has 1 fully saturated rings.